The lowest BCUT2D eigenvalue weighted by Gasteiger charge is -2.08. The van der Waals surface area contributed by atoms with E-state index in [0.29, 0.717) is 0 Å². The van der Waals surface area contributed by atoms with E-state index >= 15 is 0 Å². The molecule has 0 aliphatic heterocycles. The highest BCUT2D eigenvalue weighted by Gasteiger charge is 2.20. The van der Waals surface area contributed by atoms with Gasteiger partial charge in [0.25, 0.3) is 0 Å². The quantitative estimate of drug-likeness (QED) is 0.919. The smallest absolute Gasteiger partial charge is 0.165 e. The highest BCUT2D eigenvalue weighted by molar-refractivity contribution is 9.10. The average molecular weight is 322 g/mol. The summed E-state index contributed by atoms with van der Waals surface area (Å²) in [5.74, 6) is 1.56. The van der Waals surface area contributed by atoms with Gasteiger partial charge in [-0.25, -0.2) is 0 Å². The molecule has 0 unspecified atom stereocenters. The Balaban J connectivity index is 1.67. The maximum atomic E-state index is 5.74. The molecule has 2 aromatic rings. The van der Waals surface area contributed by atoms with Crippen molar-refractivity contribution < 1.29 is 4.74 Å². The van der Waals surface area contributed by atoms with Crippen molar-refractivity contribution in [3.63, 3.8) is 0 Å². The molecule has 1 fully saturated rings. The molecule has 1 aromatic carbocycles. The van der Waals surface area contributed by atoms with E-state index in [9.17, 15) is 0 Å². The first-order valence-electron chi connectivity index (χ1n) is 6.39. The highest BCUT2D eigenvalue weighted by atomic mass is 79.9. The molecule has 3 rings (SSSR count). The fraction of sp³-hybridized carbons (Fsp3) is 0.357. The lowest BCUT2D eigenvalue weighted by molar-refractivity contribution is 0.481. The van der Waals surface area contributed by atoms with Gasteiger partial charge in [0.1, 0.15) is 5.75 Å². The largest absolute Gasteiger partial charge is 0.454 e. The number of hydrogen-bond acceptors (Lipinski definition) is 3. The molecule has 1 saturated carbocycles. The lowest BCUT2D eigenvalue weighted by atomic mass is 10.2. The molecular weight excluding hydrogens is 306 g/mol. The standard InChI is InChI=1S/C14H16BrN3O/c1-18-9-13(8-17-18)19-12-5-2-10(14(15)6-12)7-16-11-3-4-11/h2,5-6,8-9,11,16H,3-4,7H2,1H3. The van der Waals surface area contributed by atoms with Crippen LogP contribution in [0.4, 0.5) is 0 Å². The van der Waals surface area contributed by atoms with E-state index < -0.39 is 0 Å². The predicted octanol–water partition coefficient (Wildman–Crippen LogP) is 3.23. The molecule has 1 aromatic heterocycles. The van der Waals surface area contributed by atoms with Gasteiger partial charge in [-0.05, 0) is 30.5 Å². The Kier molecular flexibility index (Phi) is 3.57. The van der Waals surface area contributed by atoms with E-state index in [1.807, 2.05) is 25.4 Å². The minimum Gasteiger partial charge on any atom is -0.454 e. The van der Waals surface area contributed by atoms with E-state index in [4.69, 9.17) is 4.74 Å². The number of aryl methyl sites for hydroxylation is 1. The van der Waals surface area contributed by atoms with Gasteiger partial charge in [-0.2, -0.15) is 5.10 Å². The van der Waals surface area contributed by atoms with Gasteiger partial charge in [0.2, 0.25) is 0 Å². The van der Waals surface area contributed by atoms with Crippen molar-refractivity contribution in [1.29, 1.82) is 0 Å². The maximum Gasteiger partial charge on any atom is 0.165 e. The van der Waals surface area contributed by atoms with Crippen molar-refractivity contribution in [2.75, 3.05) is 0 Å². The first kappa shape index (κ1) is 12.7. The fourth-order valence-corrected chi connectivity index (χ4v) is 2.36. The number of ether oxygens (including phenoxy) is 1. The lowest BCUT2D eigenvalue weighted by Crippen LogP contribution is -2.15. The van der Waals surface area contributed by atoms with Crippen molar-refractivity contribution >= 4 is 15.9 Å². The van der Waals surface area contributed by atoms with Crippen LogP contribution in [0.5, 0.6) is 11.5 Å². The summed E-state index contributed by atoms with van der Waals surface area (Å²) in [7, 11) is 1.87. The van der Waals surface area contributed by atoms with Crippen molar-refractivity contribution in [1.82, 2.24) is 15.1 Å². The molecule has 100 valence electrons. The van der Waals surface area contributed by atoms with Gasteiger partial charge in [0.05, 0.1) is 12.4 Å². The second-order valence-electron chi connectivity index (χ2n) is 4.86. The number of halogens is 1. The molecule has 0 atom stereocenters. The van der Waals surface area contributed by atoms with Crippen LogP contribution in [0.2, 0.25) is 0 Å². The van der Waals surface area contributed by atoms with E-state index in [1.54, 1.807) is 10.9 Å². The van der Waals surface area contributed by atoms with Gasteiger partial charge in [-0.15, -0.1) is 0 Å². The molecule has 0 amide bonds. The van der Waals surface area contributed by atoms with E-state index in [0.717, 1.165) is 28.6 Å². The summed E-state index contributed by atoms with van der Waals surface area (Å²) >= 11 is 3.60. The van der Waals surface area contributed by atoms with Crippen LogP contribution in [0.15, 0.2) is 35.1 Å². The maximum absolute atomic E-state index is 5.74. The summed E-state index contributed by atoms with van der Waals surface area (Å²) in [6, 6.07) is 6.79. The topological polar surface area (TPSA) is 39.1 Å². The Morgan fingerprint density at radius 3 is 2.89 bits per heavy atom. The zero-order valence-electron chi connectivity index (χ0n) is 10.8. The number of rotatable bonds is 5. The third-order valence-electron chi connectivity index (χ3n) is 3.10. The summed E-state index contributed by atoms with van der Waals surface area (Å²) < 4.78 is 8.53. The van der Waals surface area contributed by atoms with Crippen LogP contribution in [0.1, 0.15) is 18.4 Å². The summed E-state index contributed by atoms with van der Waals surface area (Å²) in [6.45, 7) is 0.901. The second kappa shape index (κ2) is 5.35. The Labute approximate surface area is 120 Å². The average Bonchev–Trinajstić information content (AvgIpc) is 3.12. The van der Waals surface area contributed by atoms with E-state index in [-0.39, 0.29) is 0 Å². The van der Waals surface area contributed by atoms with Crippen LogP contribution < -0.4 is 10.1 Å². The number of nitrogens with zero attached hydrogens (tertiary/aromatic N) is 2. The van der Waals surface area contributed by atoms with Crippen LogP contribution >= 0.6 is 15.9 Å². The minimum absolute atomic E-state index is 0.721. The van der Waals surface area contributed by atoms with Crippen molar-refractivity contribution in [2.45, 2.75) is 25.4 Å². The summed E-state index contributed by atoms with van der Waals surface area (Å²) in [4.78, 5) is 0. The molecule has 1 aliphatic carbocycles. The fourth-order valence-electron chi connectivity index (χ4n) is 1.86. The first-order valence-corrected chi connectivity index (χ1v) is 7.18. The monoisotopic (exact) mass is 321 g/mol. The first-order chi connectivity index (χ1) is 9.20. The number of aromatic nitrogens is 2. The second-order valence-corrected chi connectivity index (χ2v) is 5.71. The van der Waals surface area contributed by atoms with Gasteiger partial charge in [0.15, 0.2) is 5.75 Å². The van der Waals surface area contributed by atoms with E-state index in [1.165, 1.54) is 18.4 Å². The van der Waals surface area contributed by atoms with E-state index in [2.05, 4.69) is 32.4 Å². The zero-order chi connectivity index (χ0) is 13.2. The summed E-state index contributed by atoms with van der Waals surface area (Å²) in [5.41, 5.74) is 1.26. The van der Waals surface area contributed by atoms with Crippen LogP contribution in [0.25, 0.3) is 0 Å². The molecule has 0 radical (unpaired) electrons. The SMILES string of the molecule is Cn1cc(Oc2ccc(CNC3CC3)c(Br)c2)cn1. The molecule has 5 heteroatoms. The normalized spacial score (nSPS) is 14.6. The van der Waals surface area contributed by atoms with Crippen molar-refractivity contribution in [3.8, 4) is 11.5 Å². The Morgan fingerprint density at radius 1 is 1.42 bits per heavy atom. The molecule has 1 aliphatic rings. The molecule has 4 nitrogen and oxygen atoms in total. The minimum atomic E-state index is 0.721. The van der Waals surface area contributed by atoms with Gasteiger partial charge < -0.3 is 10.1 Å². The Hall–Kier alpha value is -1.33. The van der Waals surface area contributed by atoms with Crippen molar-refractivity contribution in [3.05, 3.63) is 40.6 Å². The van der Waals surface area contributed by atoms with Crippen LogP contribution in [-0.4, -0.2) is 15.8 Å². The molecule has 19 heavy (non-hydrogen) atoms. The summed E-state index contributed by atoms with van der Waals surface area (Å²) in [5, 5.41) is 7.58. The van der Waals surface area contributed by atoms with Crippen LogP contribution in [0, 0.1) is 0 Å². The summed E-state index contributed by atoms with van der Waals surface area (Å²) in [6.07, 6.45) is 6.16. The van der Waals surface area contributed by atoms with Gasteiger partial charge >= 0.3 is 0 Å². The van der Waals surface area contributed by atoms with Gasteiger partial charge in [0, 0.05) is 24.1 Å². The van der Waals surface area contributed by atoms with Gasteiger partial charge in [-0.1, -0.05) is 22.0 Å². The third kappa shape index (κ3) is 3.36. The predicted molar refractivity (Wildman–Crippen MR) is 77.3 cm³/mol. The van der Waals surface area contributed by atoms with Crippen molar-refractivity contribution in [2.24, 2.45) is 7.05 Å². The van der Waals surface area contributed by atoms with Crippen LogP contribution in [0.3, 0.4) is 0 Å². The highest BCUT2D eigenvalue weighted by Crippen LogP contribution is 2.27. The Morgan fingerprint density at radius 2 is 2.26 bits per heavy atom. The number of nitrogens with one attached hydrogen (secondary N) is 1. The molecule has 0 saturated heterocycles. The molecule has 0 spiro atoms. The molecule has 1 N–H and O–H groups in total. The van der Waals surface area contributed by atoms with Crippen LogP contribution in [-0.2, 0) is 13.6 Å². The Bertz CT molecular complexity index is 578. The number of hydrogen-bond donors (Lipinski definition) is 1. The zero-order valence-corrected chi connectivity index (χ0v) is 12.4. The number of benzene rings is 1. The molecule has 0 bridgehead atoms. The molecule has 1 heterocycles. The third-order valence-corrected chi connectivity index (χ3v) is 3.84. The van der Waals surface area contributed by atoms with Gasteiger partial charge in [-0.3, -0.25) is 4.68 Å². The molecular formula is C14H16BrN3O.